The van der Waals surface area contributed by atoms with Crippen molar-refractivity contribution in [2.75, 3.05) is 32.7 Å². The van der Waals surface area contributed by atoms with E-state index in [0.717, 1.165) is 45.6 Å². The van der Waals surface area contributed by atoms with Crippen molar-refractivity contribution in [2.45, 2.75) is 25.7 Å². The Balaban J connectivity index is 2.76. The van der Waals surface area contributed by atoms with Gasteiger partial charge in [0, 0.05) is 0 Å². The van der Waals surface area contributed by atoms with Gasteiger partial charge in [-0.15, -0.1) is 0 Å². The molecule has 1 radical (unpaired) electrons. The third kappa shape index (κ3) is 11.9. The molecule has 0 rings (SSSR count). The van der Waals surface area contributed by atoms with Crippen LogP contribution in [0.4, 0.5) is 0 Å². The summed E-state index contributed by atoms with van der Waals surface area (Å²) in [6.07, 6.45) is 4.55. The highest BCUT2D eigenvalue weighted by molar-refractivity contribution is 4.52. The topological polar surface area (TPSA) is 50.1 Å². The summed E-state index contributed by atoms with van der Waals surface area (Å²) in [7, 11) is 0. The summed E-state index contributed by atoms with van der Waals surface area (Å²) in [5.41, 5.74) is 5.37. The van der Waals surface area contributed by atoms with Crippen molar-refractivity contribution < 1.29 is 0 Å². The normalized spacial score (nSPS) is 10.6. The minimum atomic E-state index is 0.790. The van der Waals surface area contributed by atoms with Crippen LogP contribution in [0.1, 0.15) is 25.7 Å². The maximum Gasteiger partial charge on any atom is -0.00369 e. The molecule has 3 heteroatoms. The van der Waals surface area contributed by atoms with Gasteiger partial charge in [-0.3, -0.25) is 0 Å². The molecular formula is C10H24N3. The molecule has 0 aliphatic carbocycles. The first-order valence-electron chi connectivity index (χ1n) is 5.32. The van der Waals surface area contributed by atoms with Crippen molar-refractivity contribution in [3.63, 3.8) is 0 Å². The Morgan fingerprint density at radius 2 is 1.38 bits per heavy atom. The van der Waals surface area contributed by atoms with Crippen LogP contribution in [-0.2, 0) is 0 Å². The molecule has 0 spiro atoms. The zero-order valence-electron chi connectivity index (χ0n) is 8.65. The summed E-state index contributed by atoms with van der Waals surface area (Å²) < 4.78 is 0. The highest BCUT2D eigenvalue weighted by Crippen LogP contribution is 1.84. The van der Waals surface area contributed by atoms with Crippen LogP contribution in [0.2, 0.25) is 0 Å². The molecule has 3 nitrogen and oxygen atoms in total. The van der Waals surface area contributed by atoms with E-state index in [1.54, 1.807) is 0 Å². The van der Waals surface area contributed by atoms with Crippen molar-refractivity contribution in [3.8, 4) is 0 Å². The fourth-order valence-electron chi connectivity index (χ4n) is 1.10. The second kappa shape index (κ2) is 11.9. The van der Waals surface area contributed by atoms with Gasteiger partial charge in [0.25, 0.3) is 0 Å². The van der Waals surface area contributed by atoms with Crippen molar-refractivity contribution in [1.29, 1.82) is 0 Å². The van der Waals surface area contributed by atoms with Gasteiger partial charge in [0.05, 0.1) is 0 Å². The fourth-order valence-corrected chi connectivity index (χ4v) is 1.10. The van der Waals surface area contributed by atoms with E-state index in [1.807, 2.05) is 0 Å². The Morgan fingerprint density at radius 1 is 0.846 bits per heavy atom. The average molecular weight is 186 g/mol. The first-order valence-corrected chi connectivity index (χ1v) is 5.32. The molecule has 0 fully saturated rings. The molecule has 4 N–H and O–H groups in total. The second-order valence-corrected chi connectivity index (χ2v) is 3.20. The van der Waals surface area contributed by atoms with Crippen molar-refractivity contribution in [3.05, 3.63) is 6.92 Å². The van der Waals surface area contributed by atoms with E-state index >= 15 is 0 Å². The zero-order valence-corrected chi connectivity index (χ0v) is 8.65. The summed E-state index contributed by atoms with van der Waals surface area (Å²) in [6.45, 7) is 8.89. The number of hydrogen-bond acceptors (Lipinski definition) is 3. The van der Waals surface area contributed by atoms with Crippen LogP contribution >= 0.6 is 0 Å². The SMILES string of the molecule is [CH2]CCNCCCCNCCCN. The standard InChI is InChI=1S/C10H24N3/c1-2-7-12-8-3-4-9-13-10-5-6-11/h12-13H,1-11H2. The van der Waals surface area contributed by atoms with E-state index < -0.39 is 0 Å². The van der Waals surface area contributed by atoms with Gasteiger partial charge in [-0.1, -0.05) is 6.92 Å². The highest BCUT2D eigenvalue weighted by Gasteiger charge is 1.88. The van der Waals surface area contributed by atoms with Crippen LogP contribution < -0.4 is 16.4 Å². The molecule has 0 atom stereocenters. The molecule has 0 aliphatic rings. The van der Waals surface area contributed by atoms with Gasteiger partial charge in [-0.05, 0) is 58.4 Å². The van der Waals surface area contributed by atoms with Crippen LogP contribution in [0.15, 0.2) is 0 Å². The third-order valence-electron chi connectivity index (χ3n) is 1.87. The average Bonchev–Trinajstić information content (AvgIpc) is 2.16. The third-order valence-corrected chi connectivity index (χ3v) is 1.87. The summed E-state index contributed by atoms with van der Waals surface area (Å²) in [4.78, 5) is 0. The molecule has 0 saturated heterocycles. The van der Waals surface area contributed by atoms with E-state index in [9.17, 15) is 0 Å². The molecule has 0 heterocycles. The van der Waals surface area contributed by atoms with Gasteiger partial charge >= 0.3 is 0 Å². The van der Waals surface area contributed by atoms with E-state index in [4.69, 9.17) is 5.73 Å². The number of unbranched alkanes of at least 4 members (excludes halogenated alkanes) is 1. The molecule has 0 aromatic carbocycles. The van der Waals surface area contributed by atoms with E-state index in [0.29, 0.717) is 0 Å². The smallest absolute Gasteiger partial charge is 0.00369 e. The Kier molecular flexibility index (Phi) is 11.8. The largest absolute Gasteiger partial charge is 0.330 e. The molecule has 0 unspecified atom stereocenters. The van der Waals surface area contributed by atoms with Crippen LogP contribution in [0.25, 0.3) is 0 Å². The molecular weight excluding hydrogens is 162 g/mol. The van der Waals surface area contributed by atoms with Gasteiger partial charge in [0.2, 0.25) is 0 Å². The maximum absolute atomic E-state index is 5.37. The van der Waals surface area contributed by atoms with E-state index in [-0.39, 0.29) is 0 Å². The molecule has 0 amide bonds. The predicted octanol–water partition coefficient (Wildman–Crippen LogP) is 0.519. The molecule has 0 aliphatic heterocycles. The number of hydrogen-bond donors (Lipinski definition) is 3. The van der Waals surface area contributed by atoms with Gasteiger partial charge in [-0.25, -0.2) is 0 Å². The lowest BCUT2D eigenvalue weighted by Crippen LogP contribution is -2.21. The first kappa shape index (κ1) is 12.9. The first-order chi connectivity index (χ1) is 6.41. The van der Waals surface area contributed by atoms with Gasteiger partial charge in [-0.2, -0.15) is 0 Å². The minimum absolute atomic E-state index is 0.790. The number of nitrogens with two attached hydrogens (primary N) is 1. The van der Waals surface area contributed by atoms with Crippen molar-refractivity contribution >= 4 is 0 Å². The van der Waals surface area contributed by atoms with Crippen LogP contribution in [0.3, 0.4) is 0 Å². The Hall–Kier alpha value is -0.120. The van der Waals surface area contributed by atoms with E-state index in [1.165, 1.54) is 12.8 Å². The Labute approximate surface area is 82.5 Å². The monoisotopic (exact) mass is 186 g/mol. The maximum atomic E-state index is 5.37. The fraction of sp³-hybridized carbons (Fsp3) is 0.900. The Bertz CT molecular complexity index is 76.2. The number of nitrogens with one attached hydrogen (secondary N) is 2. The minimum Gasteiger partial charge on any atom is -0.330 e. The van der Waals surface area contributed by atoms with Crippen LogP contribution in [0.5, 0.6) is 0 Å². The van der Waals surface area contributed by atoms with Crippen molar-refractivity contribution in [2.24, 2.45) is 5.73 Å². The molecule has 79 valence electrons. The molecule has 13 heavy (non-hydrogen) atoms. The summed E-state index contributed by atoms with van der Waals surface area (Å²) in [6, 6.07) is 0. The van der Waals surface area contributed by atoms with Gasteiger partial charge in [0.15, 0.2) is 0 Å². The second-order valence-electron chi connectivity index (χ2n) is 3.20. The van der Waals surface area contributed by atoms with Crippen LogP contribution in [-0.4, -0.2) is 32.7 Å². The van der Waals surface area contributed by atoms with Gasteiger partial charge < -0.3 is 16.4 Å². The Morgan fingerprint density at radius 3 is 1.92 bits per heavy atom. The summed E-state index contributed by atoms with van der Waals surface area (Å²) in [5, 5.41) is 6.68. The highest BCUT2D eigenvalue weighted by atomic mass is 14.9. The quantitative estimate of drug-likeness (QED) is 0.436. The lowest BCUT2D eigenvalue weighted by Gasteiger charge is -2.04. The summed E-state index contributed by atoms with van der Waals surface area (Å²) >= 11 is 0. The van der Waals surface area contributed by atoms with Crippen LogP contribution in [0, 0.1) is 6.92 Å². The van der Waals surface area contributed by atoms with Crippen molar-refractivity contribution in [1.82, 2.24) is 10.6 Å². The lowest BCUT2D eigenvalue weighted by atomic mass is 10.3. The number of rotatable bonds is 10. The zero-order chi connectivity index (χ0) is 9.78. The van der Waals surface area contributed by atoms with Gasteiger partial charge in [0.1, 0.15) is 0 Å². The van der Waals surface area contributed by atoms with E-state index in [2.05, 4.69) is 17.6 Å². The predicted molar refractivity (Wildman–Crippen MR) is 58.6 cm³/mol. The lowest BCUT2D eigenvalue weighted by molar-refractivity contribution is 0.577. The molecule has 0 bridgehead atoms. The molecule has 0 aromatic heterocycles. The molecule has 0 saturated carbocycles. The molecule has 0 aromatic rings. The summed E-state index contributed by atoms with van der Waals surface area (Å²) in [5.74, 6) is 0.